The third-order valence-electron chi connectivity index (χ3n) is 6.94. The smallest absolute Gasteiger partial charge is 0.337 e. The first-order valence-corrected chi connectivity index (χ1v) is 13.5. The molecule has 1 N–H and O–H groups in total. The van der Waals surface area contributed by atoms with Gasteiger partial charge in [0.05, 0.1) is 35.8 Å². The van der Waals surface area contributed by atoms with Gasteiger partial charge in [-0.1, -0.05) is 6.07 Å². The number of carbonyl (C=O) groups is 4. The van der Waals surface area contributed by atoms with Crippen LogP contribution in [0.25, 0.3) is 22.0 Å². The van der Waals surface area contributed by atoms with Crippen molar-refractivity contribution in [1.29, 1.82) is 0 Å². The second kappa shape index (κ2) is 11.2. The molecule has 0 bridgehead atoms. The van der Waals surface area contributed by atoms with E-state index in [4.69, 9.17) is 0 Å². The zero-order valence-electron chi connectivity index (χ0n) is 22.0. The minimum atomic E-state index is -1.43. The first-order chi connectivity index (χ1) is 19.5. The van der Waals surface area contributed by atoms with Crippen molar-refractivity contribution in [3.05, 3.63) is 70.1 Å². The Kier molecular flexibility index (Phi) is 7.72. The number of fused-ring (bicyclic) bond motifs is 1. The average Bonchev–Trinajstić information content (AvgIpc) is 3.49. The number of nitrogens with zero attached hydrogens (tertiary/aromatic N) is 6. The van der Waals surface area contributed by atoms with E-state index in [0.717, 1.165) is 16.0 Å². The fourth-order valence-corrected chi connectivity index (χ4v) is 5.30. The Bertz CT molecular complexity index is 1710. The number of halogens is 2. The van der Waals surface area contributed by atoms with E-state index in [1.54, 1.807) is 37.5 Å². The van der Waals surface area contributed by atoms with Crippen LogP contribution in [-0.4, -0.2) is 76.9 Å². The Morgan fingerprint density at radius 3 is 2.51 bits per heavy atom. The number of aromatic nitrogens is 5. The quantitative estimate of drug-likeness (QED) is 0.230. The lowest BCUT2D eigenvalue weighted by Gasteiger charge is -2.23. The fourth-order valence-electron chi connectivity index (χ4n) is 4.95. The molecule has 210 valence electrons. The molecule has 41 heavy (non-hydrogen) atoms. The summed E-state index contributed by atoms with van der Waals surface area (Å²) in [6.07, 6.45) is 1.33. The molecule has 1 fully saturated rings. The predicted molar refractivity (Wildman–Crippen MR) is 148 cm³/mol. The minimum absolute atomic E-state index is 0.0190. The van der Waals surface area contributed by atoms with E-state index in [9.17, 15) is 28.7 Å². The molecule has 11 nitrogen and oxygen atoms in total. The number of carboxylic acids is 1. The number of benzene rings is 1. The lowest BCUT2D eigenvalue weighted by atomic mass is 10.0. The van der Waals surface area contributed by atoms with Gasteiger partial charge in [-0.3, -0.25) is 19.1 Å². The lowest BCUT2D eigenvalue weighted by Crippen LogP contribution is -2.43. The van der Waals surface area contributed by atoms with Gasteiger partial charge in [-0.25, -0.2) is 24.1 Å². The second-order valence-electron chi connectivity index (χ2n) is 9.78. The SMILES string of the molecule is CC(=O)c1nn(CC(=O)N2C[C@H](F)CC2C(=O)Cc2nc(Br)ccc2C(=O)O)c2ccc(-c3cnc(C)nc3)cc12. The molecule has 1 amide bonds. The normalized spacial score (nSPS) is 16.7. The molecule has 0 aliphatic carbocycles. The number of rotatable bonds is 8. The molecule has 4 heterocycles. The molecule has 13 heteroatoms. The van der Waals surface area contributed by atoms with E-state index in [0.29, 0.717) is 21.3 Å². The summed E-state index contributed by atoms with van der Waals surface area (Å²) in [5, 5.41) is 14.4. The highest BCUT2D eigenvalue weighted by Crippen LogP contribution is 2.28. The van der Waals surface area contributed by atoms with Crippen molar-refractivity contribution in [2.24, 2.45) is 0 Å². The van der Waals surface area contributed by atoms with Gasteiger partial charge < -0.3 is 10.0 Å². The first kappa shape index (κ1) is 28.1. The molecular formula is C28H24BrFN6O5. The summed E-state index contributed by atoms with van der Waals surface area (Å²) in [5.41, 5.74) is 2.06. The van der Waals surface area contributed by atoms with E-state index in [2.05, 4.69) is 36.0 Å². The third-order valence-corrected chi connectivity index (χ3v) is 7.38. The fraction of sp³-hybridized carbons (Fsp3) is 0.286. The number of aryl methyl sites for hydroxylation is 1. The van der Waals surface area contributed by atoms with Crippen LogP contribution in [0.4, 0.5) is 4.39 Å². The largest absolute Gasteiger partial charge is 0.478 e. The van der Waals surface area contributed by atoms with Gasteiger partial charge in [-0.2, -0.15) is 5.10 Å². The van der Waals surface area contributed by atoms with Gasteiger partial charge in [0, 0.05) is 36.7 Å². The molecule has 0 spiro atoms. The number of Topliss-reactive ketones (excluding diaryl/α,β-unsaturated/α-hetero) is 2. The number of aromatic carboxylic acids is 1. The molecule has 1 aliphatic rings. The molecule has 1 unspecified atom stereocenters. The monoisotopic (exact) mass is 622 g/mol. The predicted octanol–water partition coefficient (Wildman–Crippen LogP) is 3.61. The molecule has 3 aromatic heterocycles. The Hall–Kier alpha value is -4.39. The Labute approximate surface area is 241 Å². The molecule has 1 aromatic carbocycles. The highest BCUT2D eigenvalue weighted by Gasteiger charge is 2.40. The lowest BCUT2D eigenvalue weighted by molar-refractivity contribution is -0.138. The minimum Gasteiger partial charge on any atom is -0.478 e. The Morgan fingerprint density at radius 2 is 1.83 bits per heavy atom. The Balaban J connectivity index is 1.41. The van der Waals surface area contributed by atoms with Crippen molar-refractivity contribution in [1.82, 2.24) is 29.6 Å². The Morgan fingerprint density at radius 1 is 1.10 bits per heavy atom. The summed E-state index contributed by atoms with van der Waals surface area (Å²) in [6, 6.07) is 6.98. The van der Waals surface area contributed by atoms with Crippen molar-refractivity contribution in [3.63, 3.8) is 0 Å². The number of alkyl halides is 1. The molecular weight excluding hydrogens is 599 g/mol. The van der Waals surface area contributed by atoms with Crippen LogP contribution in [0.5, 0.6) is 0 Å². The van der Waals surface area contributed by atoms with Crippen molar-refractivity contribution < 1.29 is 28.7 Å². The number of ketones is 2. The number of likely N-dealkylation sites (tertiary alicyclic amines) is 1. The van der Waals surface area contributed by atoms with E-state index in [1.165, 1.54) is 23.7 Å². The van der Waals surface area contributed by atoms with E-state index >= 15 is 0 Å². The second-order valence-corrected chi connectivity index (χ2v) is 10.6. The first-order valence-electron chi connectivity index (χ1n) is 12.7. The van der Waals surface area contributed by atoms with E-state index < -0.39 is 29.9 Å². The molecule has 1 saturated heterocycles. The number of hydrogen-bond acceptors (Lipinski definition) is 8. The molecule has 2 atom stereocenters. The summed E-state index contributed by atoms with van der Waals surface area (Å²) < 4.78 is 16.3. The summed E-state index contributed by atoms with van der Waals surface area (Å²) >= 11 is 3.17. The summed E-state index contributed by atoms with van der Waals surface area (Å²) in [5.74, 6) is -2.01. The number of hydrogen-bond donors (Lipinski definition) is 1. The number of pyridine rings is 1. The zero-order chi connectivity index (χ0) is 29.4. The van der Waals surface area contributed by atoms with Crippen molar-refractivity contribution in [2.75, 3.05) is 6.54 Å². The molecule has 0 saturated carbocycles. The van der Waals surface area contributed by atoms with Crippen LogP contribution in [0.1, 0.15) is 45.7 Å². The molecule has 0 radical (unpaired) electrons. The summed E-state index contributed by atoms with van der Waals surface area (Å²) in [7, 11) is 0. The van der Waals surface area contributed by atoms with Gasteiger partial charge in [-0.05, 0) is 52.7 Å². The van der Waals surface area contributed by atoms with Crippen molar-refractivity contribution in [2.45, 2.75) is 45.4 Å². The van der Waals surface area contributed by atoms with Gasteiger partial charge in [0.2, 0.25) is 5.91 Å². The van der Waals surface area contributed by atoms with Gasteiger partial charge in [0.25, 0.3) is 0 Å². The topological polar surface area (TPSA) is 148 Å². The van der Waals surface area contributed by atoms with Crippen LogP contribution < -0.4 is 0 Å². The standard InChI is InChI=1S/C28H24BrFN6O5/c1-14(37)27-20-7-16(17-10-31-15(2)32-11-17)3-5-22(20)36(34-27)13-26(39)35-12-18(30)8-23(35)24(38)9-21-19(28(40)41)4-6-25(29)33-21/h3-7,10-11,18,23H,8-9,12-13H2,1-2H3,(H,40,41)/t18-,23?/m1/s1. The number of carboxylic acid groups (broad SMARTS) is 1. The van der Waals surface area contributed by atoms with Gasteiger partial charge in [-0.15, -0.1) is 0 Å². The molecule has 1 aliphatic heterocycles. The van der Waals surface area contributed by atoms with Crippen LogP contribution in [0.15, 0.2) is 47.3 Å². The van der Waals surface area contributed by atoms with E-state index in [1.807, 2.05) is 0 Å². The molecule has 5 rings (SSSR count). The highest BCUT2D eigenvalue weighted by atomic mass is 79.9. The van der Waals surface area contributed by atoms with Crippen LogP contribution in [-0.2, 0) is 22.6 Å². The van der Waals surface area contributed by atoms with E-state index in [-0.39, 0.29) is 48.7 Å². The zero-order valence-corrected chi connectivity index (χ0v) is 23.6. The van der Waals surface area contributed by atoms with Crippen LogP contribution in [0.2, 0.25) is 0 Å². The molecule has 4 aromatic rings. The highest BCUT2D eigenvalue weighted by molar-refractivity contribution is 9.10. The number of amides is 1. The van der Waals surface area contributed by atoms with Gasteiger partial charge >= 0.3 is 5.97 Å². The summed E-state index contributed by atoms with van der Waals surface area (Å²) in [4.78, 5) is 64.4. The number of carbonyl (C=O) groups excluding carboxylic acids is 3. The maximum Gasteiger partial charge on any atom is 0.337 e. The van der Waals surface area contributed by atoms with Crippen molar-refractivity contribution in [3.8, 4) is 11.1 Å². The third kappa shape index (κ3) is 5.75. The van der Waals surface area contributed by atoms with Gasteiger partial charge in [0.15, 0.2) is 11.6 Å². The average molecular weight is 623 g/mol. The maximum absolute atomic E-state index is 14.5. The van der Waals surface area contributed by atoms with Crippen molar-refractivity contribution >= 4 is 50.3 Å². The van der Waals surface area contributed by atoms with Gasteiger partial charge in [0.1, 0.15) is 28.8 Å². The van der Waals surface area contributed by atoms with Crippen LogP contribution in [0.3, 0.4) is 0 Å². The maximum atomic E-state index is 14.5. The summed E-state index contributed by atoms with van der Waals surface area (Å²) in [6.45, 7) is 2.53. The van der Waals surface area contributed by atoms with Crippen LogP contribution >= 0.6 is 15.9 Å². The van der Waals surface area contributed by atoms with Crippen LogP contribution in [0, 0.1) is 6.92 Å².